The Morgan fingerprint density at radius 2 is 1.95 bits per heavy atom. The van der Waals surface area contributed by atoms with Crippen molar-refractivity contribution in [3.63, 3.8) is 0 Å². The van der Waals surface area contributed by atoms with Gasteiger partial charge in [0.15, 0.2) is 0 Å². The van der Waals surface area contributed by atoms with Gasteiger partial charge in [-0.1, -0.05) is 36.2 Å². The number of hydrogen-bond acceptors (Lipinski definition) is 2. The van der Waals surface area contributed by atoms with Crippen molar-refractivity contribution in [2.45, 2.75) is 38.6 Å². The van der Waals surface area contributed by atoms with E-state index in [-0.39, 0.29) is 6.04 Å². The van der Waals surface area contributed by atoms with Crippen LogP contribution in [0, 0.1) is 0 Å². The lowest BCUT2D eigenvalue weighted by molar-refractivity contribution is 0.639. The number of benzene rings is 1. The molecule has 1 atom stereocenters. The maximum Gasteiger partial charge on any atom is 0.0671 e. The SMILES string of the molecule is CCNC(c1ccc(Cl)c(Cl)c1)c1cc2c(s1)CCCC2. The Labute approximate surface area is 140 Å². The molecule has 1 aromatic carbocycles. The Balaban J connectivity index is 1.96. The highest BCUT2D eigenvalue weighted by molar-refractivity contribution is 7.12. The van der Waals surface area contributed by atoms with E-state index >= 15 is 0 Å². The molecule has 0 saturated heterocycles. The van der Waals surface area contributed by atoms with Crippen molar-refractivity contribution >= 4 is 34.5 Å². The van der Waals surface area contributed by atoms with Gasteiger partial charge in [-0.05, 0) is 61.6 Å². The number of halogens is 2. The summed E-state index contributed by atoms with van der Waals surface area (Å²) in [6.45, 7) is 3.06. The molecule has 0 aliphatic heterocycles. The Morgan fingerprint density at radius 1 is 1.14 bits per heavy atom. The van der Waals surface area contributed by atoms with Crippen LogP contribution in [0.4, 0.5) is 0 Å². The van der Waals surface area contributed by atoms with Crippen molar-refractivity contribution in [2.24, 2.45) is 0 Å². The van der Waals surface area contributed by atoms with Crippen LogP contribution in [0.15, 0.2) is 24.3 Å². The molecule has 1 N–H and O–H groups in total. The Kier molecular flexibility index (Phi) is 4.90. The molecule has 0 saturated carbocycles. The monoisotopic (exact) mass is 339 g/mol. The van der Waals surface area contributed by atoms with E-state index in [1.807, 2.05) is 23.5 Å². The number of thiophene rings is 1. The largest absolute Gasteiger partial charge is 0.306 e. The first-order valence-corrected chi connectivity index (χ1v) is 9.06. The number of nitrogens with one attached hydrogen (secondary N) is 1. The molecule has 0 bridgehead atoms. The van der Waals surface area contributed by atoms with Crippen molar-refractivity contribution in [3.05, 3.63) is 55.2 Å². The van der Waals surface area contributed by atoms with Gasteiger partial charge in [0.05, 0.1) is 16.1 Å². The van der Waals surface area contributed by atoms with E-state index in [0.29, 0.717) is 10.0 Å². The van der Waals surface area contributed by atoms with Crippen LogP contribution in [-0.4, -0.2) is 6.54 Å². The van der Waals surface area contributed by atoms with Gasteiger partial charge in [0.1, 0.15) is 0 Å². The van der Waals surface area contributed by atoms with Gasteiger partial charge in [-0.25, -0.2) is 0 Å². The molecule has 1 aliphatic rings. The molecule has 0 spiro atoms. The first-order valence-electron chi connectivity index (χ1n) is 7.49. The van der Waals surface area contributed by atoms with E-state index in [2.05, 4.69) is 24.4 Å². The molecule has 21 heavy (non-hydrogen) atoms. The van der Waals surface area contributed by atoms with Crippen molar-refractivity contribution in [3.8, 4) is 0 Å². The summed E-state index contributed by atoms with van der Waals surface area (Å²) in [5.74, 6) is 0. The van der Waals surface area contributed by atoms with Crippen LogP contribution in [0.2, 0.25) is 10.0 Å². The third kappa shape index (κ3) is 3.29. The van der Waals surface area contributed by atoms with Crippen LogP contribution >= 0.6 is 34.5 Å². The molecule has 0 amide bonds. The molecule has 112 valence electrons. The molecule has 4 heteroatoms. The number of hydrogen-bond donors (Lipinski definition) is 1. The van der Waals surface area contributed by atoms with E-state index in [1.165, 1.54) is 36.1 Å². The van der Waals surface area contributed by atoms with Crippen molar-refractivity contribution < 1.29 is 0 Å². The van der Waals surface area contributed by atoms with E-state index < -0.39 is 0 Å². The zero-order valence-corrected chi connectivity index (χ0v) is 14.4. The molecule has 1 aliphatic carbocycles. The molecule has 3 rings (SSSR count). The van der Waals surface area contributed by atoms with Crippen LogP contribution < -0.4 is 5.32 Å². The minimum atomic E-state index is 0.209. The highest BCUT2D eigenvalue weighted by Crippen LogP contribution is 2.36. The van der Waals surface area contributed by atoms with E-state index in [1.54, 1.807) is 10.4 Å². The highest BCUT2D eigenvalue weighted by Gasteiger charge is 2.20. The van der Waals surface area contributed by atoms with Crippen molar-refractivity contribution in [1.29, 1.82) is 0 Å². The zero-order valence-electron chi connectivity index (χ0n) is 12.1. The van der Waals surface area contributed by atoms with Gasteiger partial charge < -0.3 is 5.32 Å². The standard InChI is InChI=1S/C17H19Cl2NS/c1-2-20-17(12-7-8-13(18)14(19)9-12)16-10-11-5-3-4-6-15(11)21-16/h7-10,17,20H,2-6H2,1H3. The average Bonchev–Trinajstić information content (AvgIpc) is 2.91. The molecule has 0 fully saturated rings. The summed E-state index contributed by atoms with van der Waals surface area (Å²) >= 11 is 14.2. The van der Waals surface area contributed by atoms with Crippen molar-refractivity contribution in [2.75, 3.05) is 6.54 Å². The molecule has 1 nitrogen and oxygen atoms in total. The molecule has 1 heterocycles. The maximum atomic E-state index is 6.19. The lowest BCUT2D eigenvalue weighted by Crippen LogP contribution is -2.21. The summed E-state index contributed by atoms with van der Waals surface area (Å²) < 4.78 is 0. The van der Waals surface area contributed by atoms with Crippen LogP contribution in [0.25, 0.3) is 0 Å². The fourth-order valence-corrected chi connectivity index (χ4v) is 4.60. The maximum absolute atomic E-state index is 6.19. The van der Waals surface area contributed by atoms with Gasteiger partial charge in [-0.2, -0.15) is 0 Å². The molecular formula is C17H19Cl2NS. The third-order valence-corrected chi connectivity index (χ3v) is 6.03. The lowest BCUT2D eigenvalue weighted by Gasteiger charge is -2.17. The fraction of sp³-hybridized carbons (Fsp3) is 0.412. The number of aryl methyl sites for hydroxylation is 2. The summed E-state index contributed by atoms with van der Waals surface area (Å²) in [5, 5.41) is 4.82. The van der Waals surface area contributed by atoms with Crippen LogP contribution in [0.1, 0.15) is 46.7 Å². The highest BCUT2D eigenvalue weighted by atomic mass is 35.5. The van der Waals surface area contributed by atoms with Gasteiger partial charge in [0.2, 0.25) is 0 Å². The average molecular weight is 340 g/mol. The molecule has 1 aromatic heterocycles. The molecule has 1 unspecified atom stereocenters. The summed E-state index contributed by atoms with van der Waals surface area (Å²) in [6, 6.07) is 8.53. The quantitative estimate of drug-likeness (QED) is 0.760. The van der Waals surface area contributed by atoms with Gasteiger partial charge in [-0.15, -0.1) is 11.3 Å². The van der Waals surface area contributed by atoms with Gasteiger partial charge in [0, 0.05) is 9.75 Å². The summed E-state index contributed by atoms with van der Waals surface area (Å²) in [4.78, 5) is 2.96. The van der Waals surface area contributed by atoms with Crippen LogP contribution in [0.5, 0.6) is 0 Å². The van der Waals surface area contributed by atoms with Gasteiger partial charge in [-0.3, -0.25) is 0 Å². The summed E-state index contributed by atoms with van der Waals surface area (Å²) in [7, 11) is 0. The normalized spacial score (nSPS) is 15.8. The number of rotatable bonds is 4. The third-order valence-electron chi connectivity index (χ3n) is 3.99. The smallest absolute Gasteiger partial charge is 0.0671 e. The summed E-state index contributed by atoms with van der Waals surface area (Å²) in [5.41, 5.74) is 2.73. The minimum Gasteiger partial charge on any atom is -0.306 e. The zero-order chi connectivity index (χ0) is 14.8. The van der Waals surface area contributed by atoms with Crippen LogP contribution in [0.3, 0.4) is 0 Å². The van der Waals surface area contributed by atoms with E-state index in [9.17, 15) is 0 Å². The second-order valence-corrected chi connectivity index (χ2v) is 7.45. The van der Waals surface area contributed by atoms with E-state index in [4.69, 9.17) is 23.2 Å². The number of fused-ring (bicyclic) bond motifs is 1. The predicted octanol–water partition coefficient (Wildman–Crippen LogP) is 5.63. The first-order chi connectivity index (χ1) is 10.2. The minimum absolute atomic E-state index is 0.209. The second kappa shape index (κ2) is 6.70. The lowest BCUT2D eigenvalue weighted by atomic mass is 9.98. The summed E-state index contributed by atoms with van der Waals surface area (Å²) in [6.07, 6.45) is 5.11. The fourth-order valence-electron chi connectivity index (χ4n) is 2.93. The topological polar surface area (TPSA) is 12.0 Å². The van der Waals surface area contributed by atoms with Gasteiger partial charge in [0.25, 0.3) is 0 Å². The predicted molar refractivity (Wildman–Crippen MR) is 92.9 cm³/mol. The second-order valence-electron chi connectivity index (χ2n) is 5.47. The van der Waals surface area contributed by atoms with Crippen LogP contribution in [-0.2, 0) is 12.8 Å². The molecule has 0 radical (unpaired) electrons. The Bertz CT molecular complexity index is 612. The van der Waals surface area contributed by atoms with E-state index in [0.717, 1.165) is 6.54 Å². The first kappa shape index (κ1) is 15.4. The molecular weight excluding hydrogens is 321 g/mol. The Hall–Kier alpha value is -0.540. The Morgan fingerprint density at radius 3 is 2.67 bits per heavy atom. The molecule has 2 aromatic rings. The van der Waals surface area contributed by atoms with Gasteiger partial charge >= 0.3 is 0 Å². The van der Waals surface area contributed by atoms with Crippen molar-refractivity contribution in [1.82, 2.24) is 5.32 Å².